The summed E-state index contributed by atoms with van der Waals surface area (Å²) in [6.07, 6.45) is 7.28. The molecule has 0 bridgehead atoms. The number of nitrogens with one attached hydrogen (secondary N) is 1. The summed E-state index contributed by atoms with van der Waals surface area (Å²) >= 11 is 0. The van der Waals surface area contributed by atoms with Gasteiger partial charge in [-0.2, -0.15) is 0 Å². The average Bonchev–Trinajstić information content (AvgIpc) is 2.49. The standard InChI is InChI=1S/C17H25NO2/c1-3-6-13-9-11-14(12-10-13)18-17(19)15-7-4-5-8-16(15)20-2/h4-5,7-8,13-14H,3,6,9-12H2,1-2H3,(H,18,19). The van der Waals surface area contributed by atoms with Crippen molar-refractivity contribution in [1.82, 2.24) is 5.32 Å². The molecule has 1 N–H and O–H groups in total. The van der Waals surface area contributed by atoms with Gasteiger partial charge in [-0.1, -0.05) is 31.9 Å². The Morgan fingerprint density at radius 3 is 2.60 bits per heavy atom. The van der Waals surface area contributed by atoms with Crippen molar-refractivity contribution in [2.24, 2.45) is 5.92 Å². The molecule has 0 aliphatic heterocycles. The van der Waals surface area contributed by atoms with Gasteiger partial charge in [-0.05, 0) is 43.7 Å². The van der Waals surface area contributed by atoms with E-state index in [0.29, 0.717) is 17.4 Å². The number of ether oxygens (including phenoxy) is 1. The number of carbonyl (C=O) groups is 1. The molecule has 1 fully saturated rings. The Balaban J connectivity index is 1.89. The van der Waals surface area contributed by atoms with E-state index >= 15 is 0 Å². The molecule has 0 unspecified atom stereocenters. The first-order valence-corrected chi connectivity index (χ1v) is 7.68. The van der Waals surface area contributed by atoms with Crippen LogP contribution in [0.25, 0.3) is 0 Å². The molecule has 0 heterocycles. The molecule has 3 nitrogen and oxygen atoms in total. The highest BCUT2D eigenvalue weighted by Crippen LogP contribution is 2.28. The van der Waals surface area contributed by atoms with E-state index in [1.54, 1.807) is 7.11 Å². The summed E-state index contributed by atoms with van der Waals surface area (Å²) in [5, 5.41) is 3.15. The number of benzene rings is 1. The topological polar surface area (TPSA) is 38.3 Å². The smallest absolute Gasteiger partial charge is 0.255 e. The van der Waals surface area contributed by atoms with Gasteiger partial charge >= 0.3 is 0 Å². The molecule has 2 rings (SSSR count). The minimum atomic E-state index is -0.0126. The molecule has 1 aromatic carbocycles. The number of para-hydroxylation sites is 1. The Bertz CT molecular complexity index is 436. The Morgan fingerprint density at radius 1 is 1.25 bits per heavy atom. The number of hydrogen-bond donors (Lipinski definition) is 1. The zero-order valence-corrected chi connectivity index (χ0v) is 12.5. The van der Waals surface area contributed by atoms with Crippen molar-refractivity contribution in [3.63, 3.8) is 0 Å². The summed E-state index contributed by atoms with van der Waals surface area (Å²) in [4.78, 5) is 12.3. The second-order valence-corrected chi connectivity index (χ2v) is 5.68. The SMILES string of the molecule is CCCC1CCC(NC(=O)c2ccccc2OC)CC1. The zero-order chi connectivity index (χ0) is 14.4. The first kappa shape index (κ1) is 14.9. The average molecular weight is 275 g/mol. The third kappa shape index (κ3) is 3.75. The van der Waals surface area contributed by atoms with E-state index < -0.39 is 0 Å². The Morgan fingerprint density at radius 2 is 1.95 bits per heavy atom. The van der Waals surface area contributed by atoms with Crippen LogP contribution in [-0.2, 0) is 0 Å². The molecule has 1 saturated carbocycles. The second-order valence-electron chi connectivity index (χ2n) is 5.68. The molecule has 110 valence electrons. The molecular formula is C17H25NO2. The van der Waals surface area contributed by atoms with Crippen LogP contribution >= 0.6 is 0 Å². The summed E-state index contributed by atoms with van der Waals surface area (Å²) in [7, 11) is 1.60. The second kappa shape index (κ2) is 7.32. The molecule has 1 aliphatic carbocycles. The van der Waals surface area contributed by atoms with Gasteiger partial charge in [0.2, 0.25) is 0 Å². The largest absolute Gasteiger partial charge is 0.496 e. The van der Waals surface area contributed by atoms with Crippen LogP contribution in [0.3, 0.4) is 0 Å². The van der Waals surface area contributed by atoms with Gasteiger partial charge in [0.15, 0.2) is 0 Å². The van der Waals surface area contributed by atoms with Gasteiger partial charge in [0, 0.05) is 6.04 Å². The van der Waals surface area contributed by atoms with Gasteiger partial charge < -0.3 is 10.1 Å². The van der Waals surface area contributed by atoms with Crippen LogP contribution in [0, 0.1) is 5.92 Å². The van der Waals surface area contributed by atoms with Gasteiger partial charge in [0.05, 0.1) is 12.7 Å². The van der Waals surface area contributed by atoms with Crippen molar-refractivity contribution in [2.45, 2.75) is 51.5 Å². The van der Waals surface area contributed by atoms with Crippen molar-refractivity contribution in [1.29, 1.82) is 0 Å². The fourth-order valence-corrected chi connectivity index (χ4v) is 3.10. The van der Waals surface area contributed by atoms with Crippen LogP contribution in [0.15, 0.2) is 24.3 Å². The number of rotatable bonds is 5. The quantitative estimate of drug-likeness (QED) is 0.888. The third-order valence-electron chi connectivity index (χ3n) is 4.23. The fourth-order valence-electron chi connectivity index (χ4n) is 3.10. The van der Waals surface area contributed by atoms with E-state index in [9.17, 15) is 4.79 Å². The molecule has 3 heteroatoms. The monoisotopic (exact) mass is 275 g/mol. The summed E-state index contributed by atoms with van der Waals surface area (Å²) in [6.45, 7) is 2.25. The summed E-state index contributed by atoms with van der Waals surface area (Å²) in [6, 6.07) is 7.71. The Hall–Kier alpha value is -1.51. The maximum atomic E-state index is 12.3. The van der Waals surface area contributed by atoms with Crippen LogP contribution in [-0.4, -0.2) is 19.1 Å². The predicted octanol–water partition coefficient (Wildman–Crippen LogP) is 3.78. The van der Waals surface area contributed by atoms with E-state index in [-0.39, 0.29) is 5.91 Å². The van der Waals surface area contributed by atoms with Crippen LogP contribution in [0.1, 0.15) is 55.8 Å². The van der Waals surface area contributed by atoms with E-state index in [1.807, 2.05) is 24.3 Å². The van der Waals surface area contributed by atoms with Crippen LogP contribution in [0.4, 0.5) is 0 Å². The van der Waals surface area contributed by atoms with E-state index in [0.717, 1.165) is 18.8 Å². The van der Waals surface area contributed by atoms with Crippen molar-refractivity contribution in [2.75, 3.05) is 7.11 Å². The molecule has 0 saturated heterocycles. The van der Waals surface area contributed by atoms with Gasteiger partial charge in [0.1, 0.15) is 5.75 Å². The van der Waals surface area contributed by atoms with Gasteiger partial charge in [0.25, 0.3) is 5.91 Å². The predicted molar refractivity (Wildman–Crippen MR) is 81.1 cm³/mol. The molecule has 0 aromatic heterocycles. The summed E-state index contributed by atoms with van der Waals surface area (Å²) < 4.78 is 5.24. The molecule has 1 aromatic rings. The molecular weight excluding hydrogens is 250 g/mol. The fraction of sp³-hybridized carbons (Fsp3) is 0.588. The minimum absolute atomic E-state index is 0.0126. The molecule has 0 atom stereocenters. The minimum Gasteiger partial charge on any atom is -0.496 e. The summed E-state index contributed by atoms with van der Waals surface area (Å²) in [5.41, 5.74) is 0.630. The van der Waals surface area contributed by atoms with Crippen LogP contribution in [0.5, 0.6) is 5.75 Å². The third-order valence-corrected chi connectivity index (χ3v) is 4.23. The van der Waals surface area contributed by atoms with E-state index in [4.69, 9.17) is 4.74 Å². The molecule has 0 radical (unpaired) electrons. The molecule has 20 heavy (non-hydrogen) atoms. The van der Waals surface area contributed by atoms with E-state index in [1.165, 1.54) is 25.7 Å². The Kier molecular flexibility index (Phi) is 5.45. The lowest BCUT2D eigenvalue weighted by molar-refractivity contribution is 0.0918. The zero-order valence-electron chi connectivity index (χ0n) is 12.5. The number of hydrogen-bond acceptors (Lipinski definition) is 2. The highest BCUT2D eigenvalue weighted by molar-refractivity contribution is 5.97. The normalized spacial score (nSPS) is 22.3. The highest BCUT2D eigenvalue weighted by atomic mass is 16.5. The number of methoxy groups -OCH3 is 1. The lowest BCUT2D eigenvalue weighted by Gasteiger charge is -2.29. The highest BCUT2D eigenvalue weighted by Gasteiger charge is 2.23. The van der Waals surface area contributed by atoms with Crippen LogP contribution < -0.4 is 10.1 Å². The van der Waals surface area contributed by atoms with Crippen molar-refractivity contribution in [3.8, 4) is 5.75 Å². The number of carbonyl (C=O) groups excluding carboxylic acids is 1. The molecule has 1 amide bonds. The van der Waals surface area contributed by atoms with Gasteiger partial charge in [-0.15, -0.1) is 0 Å². The van der Waals surface area contributed by atoms with Crippen molar-refractivity contribution in [3.05, 3.63) is 29.8 Å². The van der Waals surface area contributed by atoms with Crippen molar-refractivity contribution >= 4 is 5.91 Å². The first-order chi connectivity index (χ1) is 9.74. The first-order valence-electron chi connectivity index (χ1n) is 7.68. The lowest BCUT2D eigenvalue weighted by atomic mass is 9.83. The molecule has 0 spiro atoms. The summed E-state index contributed by atoms with van der Waals surface area (Å²) in [5.74, 6) is 1.49. The van der Waals surface area contributed by atoms with E-state index in [2.05, 4.69) is 12.2 Å². The van der Waals surface area contributed by atoms with Crippen LogP contribution in [0.2, 0.25) is 0 Å². The Labute approximate surface area is 121 Å². The maximum Gasteiger partial charge on any atom is 0.255 e. The number of amides is 1. The van der Waals surface area contributed by atoms with Gasteiger partial charge in [-0.3, -0.25) is 4.79 Å². The molecule has 1 aliphatic rings. The maximum absolute atomic E-state index is 12.3. The van der Waals surface area contributed by atoms with Crippen molar-refractivity contribution < 1.29 is 9.53 Å². The lowest BCUT2D eigenvalue weighted by Crippen LogP contribution is -2.37. The van der Waals surface area contributed by atoms with Gasteiger partial charge in [-0.25, -0.2) is 0 Å².